The van der Waals surface area contributed by atoms with Crippen molar-refractivity contribution in [2.75, 3.05) is 20.1 Å². The minimum Gasteiger partial charge on any atom is -0.489 e. The van der Waals surface area contributed by atoms with Gasteiger partial charge < -0.3 is 14.4 Å². The molecule has 1 unspecified atom stereocenters. The number of piperidine rings is 1. The lowest BCUT2D eigenvalue weighted by molar-refractivity contribution is -0.0235. The first-order valence-corrected chi connectivity index (χ1v) is 12.0. The molecule has 1 aromatic heterocycles. The zero-order valence-electron chi connectivity index (χ0n) is 18.3. The number of hydrogen-bond donors (Lipinski definition) is 0. The number of rotatable bonds is 7. The Morgan fingerprint density at radius 2 is 1.75 bits per heavy atom. The van der Waals surface area contributed by atoms with Gasteiger partial charge >= 0.3 is 0 Å². The van der Waals surface area contributed by atoms with Crippen LogP contribution in [0.15, 0.2) is 78.9 Å². The van der Waals surface area contributed by atoms with Gasteiger partial charge in [0.1, 0.15) is 23.5 Å². The van der Waals surface area contributed by atoms with E-state index in [4.69, 9.17) is 14.5 Å². The topological polar surface area (TPSA) is 34.6 Å². The second-order valence-corrected chi connectivity index (χ2v) is 9.45. The molecule has 1 saturated heterocycles. The average molecular weight is 445 g/mol. The third-order valence-electron chi connectivity index (χ3n) is 5.94. The monoisotopic (exact) mass is 444 g/mol. The van der Waals surface area contributed by atoms with Gasteiger partial charge in [0.05, 0.1) is 16.3 Å². The summed E-state index contributed by atoms with van der Waals surface area (Å²) in [5.41, 5.74) is 3.28. The zero-order chi connectivity index (χ0) is 21.8. The molecular formula is C27H28N2O2S. The van der Waals surface area contributed by atoms with Crippen LogP contribution in [0.1, 0.15) is 35.1 Å². The van der Waals surface area contributed by atoms with Crippen LogP contribution in [0.4, 0.5) is 0 Å². The van der Waals surface area contributed by atoms with Gasteiger partial charge in [-0.25, -0.2) is 4.98 Å². The van der Waals surface area contributed by atoms with Crippen LogP contribution in [0.3, 0.4) is 0 Å². The molecule has 0 spiro atoms. The van der Waals surface area contributed by atoms with Crippen LogP contribution < -0.4 is 4.74 Å². The predicted octanol–water partition coefficient (Wildman–Crippen LogP) is 6.08. The number of para-hydroxylation sites is 1. The van der Waals surface area contributed by atoms with E-state index in [2.05, 4.69) is 54.4 Å². The molecular weight excluding hydrogens is 416 g/mol. The van der Waals surface area contributed by atoms with Crippen molar-refractivity contribution in [1.82, 2.24) is 9.88 Å². The smallest absolute Gasteiger partial charge is 0.135 e. The summed E-state index contributed by atoms with van der Waals surface area (Å²) in [6.07, 6.45) is 2.13. The average Bonchev–Trinajstić information content (AvgIpc) is 3.27. The Hall–Kier alpha value is -2.73. The van der Waals surface area contributed by atoms with Crippen molar-refractivity contribution < 1.29 is 9.47 Å². The summed E-state index contributed by atoms with van der Waals surface area (Å²) in [6.45, 7) is 2.68. The Morgan fingerprint density at radius 3 is 2.56 bits per heavy atom. The van der Waals surface area contributed by atoms with Crippen LogP contribution in [-0.4, -0.2) is 36.1 Å². The summed E-state index contributed by atoms with van der Waals surface area (Å²) in [4.78, 5) is 7.30. The van der Waals surface area contributed by atoms with Gasteiger partial charge in [-0.15, -0.1) is 11.3 Å². The lowest BCUT2D eigenvalue weighted by Crippen LogP contribution is -2.35. The maximum atomic E-state index is 6.72. The van der Waals surface area contributed by atoms with Gasteiger partial charge in [0.25, 0.3) is 0 Å². The van der Waals surface area contributed by atoms with Crippen molar-refractivity contribution in [3.8, 4) is 5.75 Å². The van der Waals surface area contributed by atoms with E-state index in [1.165, 1.54) is 4.70 Å². The molecule has 0 saturated carbocycles. The van der Waals surface area contributed by atoms with Crippen LogP contribution in [0, 0.1) is 0 Å². The number of aromatic nitrogens is 1. The molecule has 5 rings (SSSR count). The van der Waals surface area contributed by atoms with Crippen molar-refractivity contribution in [2.45, 2.75) is 31.7 Å². The molecule has 0 radical (unpaired) electrons. The Labute approximate surface area is 193 Å². The minimum atomic E-state index is -0.193. The van der Waals surface area contributed by atoms with Crippen molar-refractivity contribution in [3.05, 3.63) is 95.0 Å². The molecule has 4 nitrogen and oxygen atoms in total. The number of benzene rings is 3. The first-order valence-electron chi connectivity index (χ1n) is 11.2. The van der Waals surface area contributed by atoms with Crippen LogP contribution >= 0.6 is 11.3 Å². The summed E-state index contributed by atoms with van der Waals surface area (Å²) in [6, 6.07) is 26.8. The van der Waals surface area contributed by atoms with Gasteiger partial charge in [0, 0.05) is 13.1 Å². The number of ether oxygens (including phenoxy) is 2. The van der Waals surface area contributed by atoms with Crippen molar-refractivity contribution in [2.24, 2.45) is 0 Å². The number of hydrogen-bond acceptors (Lipinski definition) is 5. The molecule has 0 bridgehead atoms. The fourth-order valence-corrected chi connectivity index (χ4v) is 5.14. The number of fused-ring (bicyclic) bond motifs is 1. The molecule has 1 aliphatic rings. The second kappa shape index (κ2) is 9.82. The third kappa shape index (κ3) is 5.01. The van der Waals surface area contributed by atoms with Crippen molar-refractivity contribution >= 4 is 21.6 Å². The largest absolute Gasteiger partial charge is 0.489 e. The molecule has 32 heavy (non-hydrogen) atoms. The fourth-order valence-electron chi connectivity index (χ4n) is 4.10. The molecule has 0 aliphatic carbocycles. The number of likely N-dealkylation sites (tertiary alicyclic amines) is 1. The van der Waals surface area contributed by atoms with Crippen LogP contribution in [0.25, 0.3) is 10.2 Å². The van der Waals surface area contributed by atoms with E-state index in [0.29, 0.717) is 6.61 Å². The summed E-state index contributed by atoms with van der Waals surface area (Å²) < 4.78 is 14.0. The quantitative estimate of drug-likeness (QED) is 0.346. The van der Waals surface area contributed by atoms with Crippen molar-refractivity contribution in [3.63, 3.8) is 0 Å². The summed E-state index contributed by atoms with van der Waals surface area (Å²) >= 11 is 1.72. The van der Waals surface area contributed by atoms with Crippen LogP contribution in [0.5, 0.6) is 5.75 Å². The van der Waals surface area contributed by atoms with E-state index in [1.54, 1.807) is 11.3 Å². The molecule has 2 heterocycles. The Morgan fingerprint density at radius 1 is 0.969 bits per heavy atom. The van der Waals surface area contributed by atoms with E-state index in [1.807, 2.05) is 36.4 Å². The highest BCUT2D eigenvalue weighted by molar-refractivity contribution is 7.18. The summed E-state index contributed by atoms with van der Waals surface area (Å²) in [5.74, 6) is 0.851. The van der Waals surface area contributed by atoms with Crippen molar-refractivity contribution in [1.29, 1.82) is 0 Å². The van der Waals surface area contributed by atoms with Gasteiger partial charge in [-0.05, 0) is 55.3 Å². The summed E-state index contributed by atoms with van der Waals surface area (Å²) in [5, 5.41) is 1.00. The highest BCUT2D eigenvalue weighted by Gasteiger charge is 2.26. The minimum absolute atomic E-state index is 0.193. The highest BCUT2D eigenvalue weighted by atomic mass is 32.1. The Bertz CT molecular complexity index is 1120. The van der Waals surface area contributed by atoms with E-state index in [-0.39, 0.29) is 12.2 Å². The highest BCUT2D eigenvalue weighted by Crippen LogP contribution is 2.36. The summed E-state index contributed by atoms with van der Waals surface area (Å²) in [7, 11) is 2.18. The van der Waals surface area contributed by atoms with E-state index in [9.17, 15) is 0 Å². The van der Waals surface area contributed by atoms with E-state index >= 15 is 0 Å². The van der Waals surface area contributed by atoms with E-state index in [0.717, 1.165) is 53.3 Å². The van der Waals surface area contributed by atoms with Crippen LogP contribution in [0.2, 0.25) is 0 Å². The third-order valence-corrected chi connectivity index (χ3v) is 7.02. The number of nitrogens with zero attached hydrogens (tertiary/aromatic N) is 2. The first kappa shape index (κ1) is 21.1. The van der Waals surface area contributed by atoms with E-state index < -0.39 is 0 Å². The molecule has 164 valence electrons. The molecule has 1 fully saturated rings. The maximum absolute atomic E-state index is 6.72. The van der Waals surface area contributed by atoms with Crippen LogP contribution in [-0.2, 0) is 11.3 Å². The molecule has 5 heteroatoms. The van der Waals surface area contributed by atoms with Gasteiger partial charge in [-0.1, -0.05) is 54.6 Å². The molecule has 1 aliphatic heterocycles. The Balaban J connectivity index is 1.41. The van der Waals surface area contributed by atoms with Gasteiger partial charge in [-0.3, -0.25) is 0 Å². The molecule has 1 atom stereocenters. The van der Waals surface area contributed by atoms with Gasteiger partial charge in [0.15, 0.2) is 0 Å². The lowest BCUT2D eigenvalue weighted by Gasteiger charge is -2.31. The molecule has 0 amide bonds. The SMILES string of the molecule is CN1CCC(OC(c2cccc(OCc3ccccc3)c2)c2nc3ccccc3s2)CC1. The van der Waals surface area contributed by atoms with Gasteiger partial charge in [0.2, 0.25) is 0 Å². The lowest BCUT2D eigenvalue weighted by atomic mass is 10.1. The Kier molecular flexibility index (Phi) is 6.49. The number of thiazole rings is 1. The predicted molar refractivity (Wildman–Crippen MR) is 130 cm³/mol. The first-order chi connectivity index (χ1) is 15.7. The van der Waals surface area contributed by atoms with Gasteiger partial charge in [-0.2, -0.15) is 0 Å². The maximum Gasteiger partial charge on any atom is 0.135 e. The zero-order valence-corrected chi connectivity index (χ0v) is 19.1. The molecule has 3 aromatic carbocycles. The molecule has 0 N–H and O–H groups in total. The fraction of sp³-hybridized carbons (Fsp3) is 0.296. The normalized spacial score (nSPS) is 16.3. The second-order valence-electron chi connectivity index (χ2n) is 8.39. The standard InChI is InChI=1S/C27H28N2O2S/c1-29-16-14-22(15-17-29)31-26(27-28-24-12-5-6-13-25(24)32-27)21-10-7-11-23(18-21)30-19-20-8-3-2-4-9-20/h2-13,18,22,26H,14-17,19H2,1H3. The molecule has 4 aromatic rings.